The maximum atomic E-state index is 13.0. The van der Waals surface area contributed by atoms with Crippen LogP contribution in [0, 0.1) is 6.92 Å². The van der Waals surface area contributed by atoms with E-state index in [-0.39, 0.29) is 16.3 Å². The molecule has 0 aliphatic rings. The van der Waals surface area contributed by atoms with Gasteiger partial charge in [-0.1, -0.05) is 17.7 Å². The van der Waals surface area contributed by atoms with Crippen molar-refractivity contribution in [3.05, 3.63) is 59.0 Å². The summed E-state index contributed by atoms with van der Waals surface area (Å²) in [7, 11) is -3.68. The van der Waals surface area contributed by atoms with Gasteiger partial charge in [0.25, 0.3) is 10.0 Å². The summed E-state index contributed by atoms with van der Waals surface area (Å²) < 4.78 is 28.1. The molecule has 0 atom stereocenters. The van der Waals surface area contributed by atoms with Crippen LogP contribution in [0.4, 0.5) is 5.69 Å². The minimum Gasteiger partial charge on any atom is -0.477 e. The summed E-state index contributed by atoms with van der Waals surface area (Å²) in [6.07, 6.45) is 0. The topological polar surface area (TPSA) is 74.7 Å². The average Bonchev–Trinajstić information content (AvgIpc) is 2.99. The zero-order valence-corrected chi connectivity index (χ0v) is 15.4. The predicted molar refractivity (Wildman–Crippen MR) is 100 cm³/mol. The minimum absolute atomic E-state index is 0.233. The molecular formula is C18H17NO4S2. The smallest absolute Gasteiger partial charge is 0.345 e. The third kappa shape index (κ3) is 3.25. The molecule has 3 aromatic rings. The second kappa shape index (κ2) is 6.50. The lowest BCUT2D eigenvalue weighted by Crippen LogP contribution is -2.30. The summed E-state index contributed by atoms with van der Waals surface area (Å²) in [6.45, 7) is 3.95. The van der Waals surface area contributed by atoms with Crippen LogP contribution in [0.2, 0.25) is 0 Å². The van der Waals surface area contributed by atoms with Crippen LogP contribution in [-0.4, -0.2) is 26.0 Å². The molecule has 0 saturated heterocycles. The first-order valence-electron chi connectivity index (χ1n) is 7.69. The van der Waals surface area contributed by atoms with E-state index in [9.17, 15) is 13.2 Å². The minimum atomic E-state index is -3.68. The molecule has 0 aliphatic carbocycles. The number of anilines is 1. The second-order valence-electron chi connectivity index (χ2n) is 5.62. The highest BCUT2D eigenvalue weighted by molar-refractivity contribution is 7.92. The first kappa shape index (κ1) is 17.4. The molecule has 7 heteroatoms. The number of benzene rings is 2. The number of fused-ring (bicyclic) bond motifs is 1. The molecule has 2 aromatic carbocycles. The van der Waals surface area contributed by atoms with E-state index in [1.807, 2.05) is 6.92 Å². The number of sulfonamides is 1. The average molecular weight is 375 g/mol. The van der Waals surface area contributed by atoms with E-state index in [0.717, 1.165) is 15.6 Å². The fourth-order valence-corrected chi connectivity index (χ4v) is 4.97. The molecule has 0 radical (unpaired) electrons. The lowest BCUT2D eigenvalue weighted by Gasteiger charge is -2.23. The molecule has 0 spiro atoms. The van der Waals surface area contributed by atoms with Gasteiger partial charge in [0.05, 0.1) is 10.6 Å². The highest BCUT2D eigenvalue weighted by atomic mass is 32.2. The van der Waals surface area contributed by atoms with Crippen LogP contribution in [0.1, 0.15) is 22.2 Å². The van der Waals surface area contributed by atoms with Crippen molar-refractivity contribution in [3.8, 4) is 0 Å². The number of hydrogen-bond acceptors (Lipinski definition) is 4. The monoisotopic (exact) mass is 375 g/mol. The van der Waals surface area contributed by atoms with Crippen molar-refractivity contribution in [2.75, 3.05) is 10.8 Å². The Morgan fingerprint density at radius 3 is 2.40 bits per heavy atom. The van der Waals surface area contributed by atoms with Gasteiger partial charge in [0.1, 0.15) is 4.88 Å². The molecule has 0 amide bonds. The summed E-state index contributed by atoms with van der Waals surface area (Å²) >= 11 is 1.17. The summed E-state index contributed by atoms with van der Waals surface area (Å²) in [5, 5.41) is 9.83. The van der Waals surface area contributed by atoms with Crippen LogP contribution in [-0.2, 0) is 10.0 Å². The van der Waals surface area contributed by atoms with Crippen LogP contribution >= 0.6 is 11.3 Å². The number of nitrogens with zero attached hydrogens (tertiary/aromatic N) is 1. The van der Waals surface area contributed by atoms with Gasteiger partial charge in [0.2, 0.25) is 0 Å². The summed E-state index contributed by atoms with van der Waals surface area (Å²) in [4.78, 5) is 11.6. The quantitative estimate of drug-likeness (QED) is 0.728. The lowest BCUT2D eigenvalue weighted by atomic mass is 10.2. The molecule has 5 nitrogen and oxygen atoms in total. The van der Waals surface area contributed by atoms with E-state index in [4.69, 9.17) is 5.11 Å². The number of aromatic carboxylic acids is 1. The van der Waals surface area contributed by atoms with Gasteiger partial charge in [-0.15, -0.1) is 11.3 Å². The van der Waals surface area contributed by atoms with Crippen LogP contribution < -0.4 is 4.31 Å². The molecule has 0 bridgehead atoms. The summed E-state index contributed by atoms with van der Waals surface area (Å²) in [6, 6.07) is 13.5. The fourth-order valence-electron chi connectivity index (χ4n) is 2.62. The normalized spacial score (nSPS) is 11.6. The Balaban J connectivity index is 2.06. The molecule has 0 aliphatic heterocycles. The fraction of sp³-hybridized carbons (Fsp3) is 0.167. The van der Waals surface area contributed by atoms with Crippen LogP contribution in [0.5, 0.6) is 0 Å². The SMILES string of the molecule is CCN(c1ccc2sc(C(=O)O)cc2c1)S(=O)(=O)c1ccc(C)cc1. The second-order valence-corrected chi connectivity index (χ2v) is 8.57. The van der Waals surface area contributed by atoms with E-state index in [0.29, 0.717) is 5.69 Å². The van der Waals surface area contributed by atoms with Crippen molar-refractivity contribution in [2.45, 2.75) is 18.7 Å². The van der Waals surface area contributed by atoms with E-state index < -0.39 is 16.0 Å². The molecule has 0 saturated carbocycles. The van der Waals surface area contributed by atoms with Crippen molar-refractivity contribution in [3.63, 3.8) is 0 Å². The molecule has 130 valence electrons. The number of hydrogen-bond donors (Lipinski definition) is 1. The Kier molecular flexibility index (Phi) is 4.53. The van der Waals surface area contributed by atoms with Crippen LogP contribution in [0.15, 0.2) is 53.4 Å². The van der Waals surface area contributed by atoms with Gasteiger partial charge in [0.15, 0.2) is 0 Å². The van der Waals surface area contributed by atoms with Gasteiger partial charge < -0.3 is 5.11 Å². The highest BCUT2D eigenvalue weighted by Gasteiger charge is 2.24. The first-order valence-corrected chi connectivity index (χ1v) is 9.95. The molecule has 25 heavy (non-hydrogen) atoms. The van der Waals surface area contributed by atoms with E-state index in [1.54, 1.807) is 55.5 Å². The summed E-state index contributed by atoms with van der Waals surface area (Å²) in [5.74, 6) is -0.984. The number of thiophene rings is 1. The van der Waals surface area contributed by atoms with Crippen molar-refractivity contribution < 1.29 is 18.3 Å². The van der Waals surface area contributed by atoms with Gasteiger partial charge in [-0.25, -0.2) is 13.2 Å². The number of rotatable bonds is 5. The Labute approximate surface area is 150 Å². The standard InChI is InChI=1S/C18H17NO4S2/c1-3-19(25(22,23)15-7-4-12(2)5-8-15)14-6-9-16-13(10-14)11-17(24-16)18(20)21/h4-11H,3H2,1-2H3,(H,20,21). The number of aryl methyl sites for hydroxylation is 1. The molecule has 0 fully saturated rings. The van der Waals surface area contributed by atoms with Crippen molar-refractivity contribution in [2.24, 2.45) is 0 Å². The van der Waals surface area contributed by atoms with Crippen molar-refractivity contribution in [1.29, 1.82) is 0 Å². The van der Waals surface area contributed by atoms with Gasteiger partial charge in [-0.05, 0) is 55.6 Å². The van der Waals surface area contributed by atoms with Crippen molar-refractivity contribution >= 4 is 43.1 Å². The highest BCUT2D eigenvalue weighted by Crippen LogP contribution is 2.31. The van der Waals surface area contributed by atoms with Gasteiger partial charge in [-0.3, -0.25) is 4.31 Å². The molecular weight excluding hydrogens is 358 g/mol. The Morgan fingerprint density at radius 2 is 1.80 bits per heavy atom. The first-order chi connectivity index (χ1) is 11.8. The molecule has 0 unspecified atom stereocenters. The number of carboxylic acids is 1. The zero-order chi connectivity index (χ0) is 18.2. The van der Waals surface area contributed by atoms with E-state index in [2.05, 4.69) is 0 Å². The van der Waals surface area contributed by atoms with E-state index in [1.165, 1.54) is 15.6 Å². The number of carboxylic acid groups (broad SMARTS) is 1. The largest absolute Gasteiger partial charge is 0.477 e. The lowest BCUT2D eigenvalue weighted by molar-refractivity contribution is 0.0702. The zero-order valence-electron chi connectivity index (χ0n) is 13.8. The maximum absolute atomic E-state index is 13.0. The Hall–Kier alpha value is -2.38. The Morgan fingerprint density at radius 1 is 1.12 bits per heavy atom. The predicted octanol–water partition coefficient (Wildman–Crippen LogP) is 4.12. The van der Waals surface area contributed by atoms with Gasteiger partial charge in [0, 0.05) is 11.2 Å². The molecule has 1 heterocycles. The van der Waals surface area contributed by atoms with Crippen LogP contribution in [0.3, 0.4) is 0 Å². The molecule has 1 aromatic heterocycles. The third-order valence-electron chi connectivity index (χ3n) is 3.89. The summed E-state index contributed by atoms with van der Waals surface area (Å²) in [5.41, 5.74) is 1.51. The van der Waals surface area contributed by atoms with Gasteiger partial charge >= 0.3 is 5.97 Å². The molecule has 3 rings (SSSR count). The third-order valence-corrected chi connectivity index (χ3v) is 6.92. The Bertz CT molecular complexity index is 1040. The van der Waals surface area contributed by atoms with Crippen molar-refractivity contribution in [1.82, 2.24) is 0 Å². The van der Waals surface area contributed by atoms with Crippen LogP contribution in [0.25, 0.3) is 10.1 Å². The van der Waals surface area contributed by atoms with E-state index >= 15 is 0 Å². The number of carbonyl (C=O) groups is 1. The molecule has 1 N–H and O–H groups in total. The maximum Gasteiger partial charge on any atom is 0.345 e. The van der Waals surface area contributed by atoms with Gasteiger partial charge in [-0.2, -0.15) is 0 Å².